The number of aromatic nitrogens is 2. The molecule has 0 saturated carbocycles. The van der Waals surface area contributed by atoms with Crippen LogP contribution in [-0.4, -0.2) is 22.6 Å². The summed E-state index contributed by atoms with van der Waals surface area (Å²) in [5.41, 5.74) is 5.19. The summed E-state index contributed by atoms with van der Waals surface area (Å²) >= 11 is 0. The molecule has 3 heteroatoms. The van der Waals surface area contributed by atoms with Gasteiger partial charge in [0.15, 0.2) is 0 Å². The van der Waals surface area contributed by atoms with Gasteiger partial charge in [-0.15, -0.1) is 0 Å². The van der Waals surface area contributed by atoms with Crippen LogP contribution in [0.5, 0.6) is 0 Å². The van der Waals surface area contributed by atoms with Gasteiger partial charge in [-0.3, -0.25) is 0 Å². The molecule has 0 aliphatic carbocycles. The highest BCUT2D eigenvalue weighted by molar-refractivity contribution is 5.44. The van der Waals surface area contributed by atoms with Gasteiger partial charge in [0, 0.05) is 30.0 Å². The van der Waals surface area contributed by atoms with E-state index < -0.39 is 0 Å². The number of nitrogens with one attached hydrogen (secondary N) is 1. The van der Waals surface area contributed by atoms with E-state index in [-0.39, 0.29) is 0 Å². The second-order valence-corrected chi connectivity index (χ2v) is 5.17. The van der Waals surface area contributed by atoms with E-state index >= 15 is 0 Å². The number of aryl methyl sites for hydroxylation is 2. The van der Waals surface area contributed by atoms with Gasteiger partial charge in [-0.1, -0.05) is 17.7 Å². The summed E-state index contributed by atoms with van der Waals surface area (Å²) in [6.07, 6.45) is 5.15. The Morgan fingerprint density at radius 2 is 2.22 bits per heavy atom. The van der Waals surface area contributed by atoms with Gasteiger partial charge in [0.25, 0.3) is 0 Å². The summed E-state index contributed by atoms with van der Waals surface area (Å²) < 4.78 is 2.24. The zero-order valence-corrected chi connectivity index (χ0v) is 11.0. The molecule has 1 aliphatic rings. The van der Waals surface area contributed by atoms with Crippen LogP contribution in [-0.2, 0) is 0 Å². The molecule has 0 spiro atoms. The van der Waals surface area contributed by atoms with Gasteiger partial charge >= 0.3 is 0 Å². The van der Waals surface area contributed by atoms with Crippen molar-refractivity contribution >= 4 is 0 Å². The Kier molecular flexibility index (Phi) is 2.92. The molecule has 1 aliphatic heterocycles. The number of imidazole rings is 1. The summed E-state index contributed by atoms with van der Waals surface area (Å²) in [5, 5.41) is 3.42. The zero-order chi connectivity index (χ0) is 12.5. The van der Waals surface area contributed by atoms with Crippen molar-refractivity contribution in [3.05, 3.63) is 47.5 Å². The maximum absolute atomic E-state index is 4.34. The van der Waals surface area contributed by atoms with Gasteiger partial charge in [0.1, 0.15) is 0 Å². The number of benzene rings is 1. The third kappa shape index (κ3) is 1.95. The van der Waals surface area contributed by atoms with Gasteiger partial charge in [0.05, 0.1) is 6.33 Å². The molecule has 1 unspecified atom stereocenters. The fourth-order valence-electron chi connectivity index (χ4n) is 2.79. The van der Waals surface area contributed by atoms with Gasteiger partial charge in [0.2, 0.25) is 0 Å². The lowest BCUT2D eigenvalue weighted by Crippen LogP contribution is -2.11. The molecule has 3 nitrogen and oxygen atoms in total. The van der Waals surface area contributed by atoms with E-state index in [1.54, 1.807) is 0 Å². The molecule has 1 atom stereocenters. The van der Waals surface area contributed by atoms with Crippen molar-refractivity contribution < 1.29 is 0 Å². The quantitative estimate of drug-likeness (QED) is 0.875. The van der Waals surface area contributed by atoms with E-state index in [1.807, 2.05) is 12.5 Å². The monoisotopic (exact) mass is 241 g/mol. The molecule has 1 aromatic carbocycles. The average molecular weight is 241 g/mol. The summed E-state index contributed by atoms with van der Waals surface area (Å²) in [6.45, 7) is 6.48. The van der Waals surface area contributed by atoms with Gasteiger partial charge in [-0.25, -0.2) is 4.98 Å². The molecule has 0 bridgehead atoms. The Morgan fingerprint density at radius 3 is 2.94 bits per heavy atom. The fraction of sp³-hybridized carbons (Fsp3) is 0.400. The van der Waals surface area contributed by atoms with E-state index in [4.69, 9.17) is 0 Å². The van der Waals surface area contributed by atoms with E-state index in [0.717, 1.165) is 13.1 Å². The molecule has 1 N–H and O–H groups in total. The summed E-state index contributed by atoms with van der Waals surface area (Å²) in [4.78, 5) is 4.34. The van der Waals surface area contributed by atoms with E-state index in [0.29, 0.717) is 5.92 Å². The summed E-state index contributed by atoms with van der Waals surface area (Å²) in [6, 6.07) is 6.59. The lowest BCUT2D eigenvalue weighted by molar-refractivity contribution is 0.713. The lowest BCUT2D eigenvalue weighted by Gasteiger charge is -2.15. The van der Waals surface area contributed by atoms with Crippen molar-refractivity contribution in [1.82, 2.24) is 14.9 Å². The highest BCUT2D eigenvalue weighted by Gasteiger charge is 2.21. The lowest BCUT2D eigenvalue weighted by atomic mass is 10.0. The first kappa shape index (κ1) is 11.5. The van der Waals surface area contributed by atoms with Gasteiger partial charge in [-0.2, -0.15) is 0 Å². The first-order valence-electron chi connectivity index (χ1n) is 6.56. The fourth-order valence-corrected chi connectivity index (χ4v) is 2.79. The van der Waals surface area contributed by atoms with Crippen molar-refractivity contribution in [1.29, 1.82) is 0 Å². The van der Waals surface area contributed by atoms with Crippen LogP contribution in [0.4, 0.5) is 0 Å². The molecular formula is C15H19N3. The predicted molar refractivity (Wildman–Crippen MR) is 73.3 cm³/mol. The van der Waals surface area contributed by atoms with Gasteiger partial charge in [-0.05, 0) is 38.4 Å². The van der Waals surface area contributed by atoms with Crippen molar-refractivity contribution in [2.75, 3.05) is 13.1 Å². The summed E-state index contributed by atoms with van der Waals surface area (Å²) in [5.74, 6) is 0.591. The van der Waals surface area contributed by atoms with Crippen LogP contribution in [0.25, 0.3) is 5.69 Å². The Bertz CT molecular complexity index is 551. The molecule has 1 aromatic heterocycles. The van der Waals surface area contributed by atoms with Crippen molar-refractivity contribution in [3.8, 4) is 5.69 Å². The molecule has 1 saturated heterocycles. The second-order valence-electron chi connectivity index (χ2n) is 5.17. The standard InChI is InChI=1S/C15H19N3/c1-11-3-4-14(12(2)7-11)18-10-17-9-15(18)13-5-6-16-8-13/h3-4,7,9-10,13,16H,5-6,8H2,1-2H3. The van der Waals surface area contributed by atoms with Crippen LogP contribution in [0.3, 0.4) is 0 Å². The van der Waals surface area contributed by atoms with Gasteiger partial charge < -0.3 is 9.88 Å². The maximum Gasteiger partial charge on any atom is 0.0994 e. The third-order valence-electron chi connectivity index (χ3n) is 3.76. The number of nitrogens with zero attached hydrogens (tertiary/aromatic N) is 2. The minimum atomic E-state index is 0.591. The zero-order valence-electron chi connectivity index (χ0n) is 11.0. The molecule has 2 aromatic rings. The number of rotatable bonds is 2. The number of hydrogen-bond donors (Lipinski definition) is 1. The molecule has 0 amide bonds. The Labute approximate surface area is 108 Å². The molecule has 94 valence electrons. The largest absolute Gasteiger partial charge is 0.316 e. The highest BCUT2D eigenvalue weighted by atomic mass is 15.1. The maximum atomic E-state index is 4.34. The van der Waals surface area contributed by atoms with E-state index in [2.05, 4.69) is 46.9 Å². The van der Waals surface area contributed by atoms with Crippen molar-refractivity contribution in [3.63, 3.8) is 0 Å². The van der Waals surface area contributed by atoms with Crippen LogP contribution in [0.1, 0.15) is 29.2 Å². The predicted octanol–water partition coefficient (Wildman–Crippen LogP) is 2.57. The Morgan fingerprint density at radius 1 is 1.33 bits per heavy atom. The molecule has 3 rings (SSSR count). The van der Waals surface area contributed by atoms with Crippen molar-refractivity contribution in [2.45, 2.75) is 26.2 Å². The van der Waals surface area contributed by atoms with Crippen LogP contribution >= 0.6 is 0 Å². The minimum absolute atomic E-state index is 0.591. The minimum Gasteiger partial charge on any atom is -0.316 e. The van der Waals surface area contributed by atoms with Crippen LogP contribution in [0.15, 0.2) is 30.7 Å². The van der Waals surface area contributed by atoms with E-state index in [9.17, 15) is 0 Å². The average Bonchev–Trinajstić information content (AvgIpc) is 2.98. The highest BCUT2D eigenvalue weighted by Crippen LogP contribution is 2.26. The van der Waals surface area contributed by atoms with Crippen LogP contribution in [0, 0.1) is 13.8 Å². The summed E-state index contributed by atoms with van der Waals surface area (Å²) in [7, 11) is 0. The Hall–Kier alpha value is -1.61. The second kappa shape index (κ2) is 4.58. The van der Waals surface area contributed by atoms with E-state index in [1.165, 1.54) is 28.9 Å². The third-order valence-corrected chi connectivity index (χ3v) is 3.76. The molecular weight excluding hydrogens is 222 g/mol. The van der Waals surface area contributed by atoms with Crippen molar-refractivity contribution in [2.24, 2.45) is 0 Å². The number of hydrogen-bond acceptors (Lipinski definition) is 2. The molecule has 1 fully saturated rings. The SMILES string of the molecule is Cc1ccc(-n2cncc2C2CCNC2)c(C)c1. The first-order chi connectivity index (χ1) is 8.75. The smallest absolute Gasteiger partial charge is 0.0994 e. The first-order valence-corrected chi connectivity index (χ1v) is 6.56. The molecule has 0 radical (unpaired) electrons. The van der Waals surface area contributed by atoms with Crippen LogP contribution in [0.2, 0.25) is 0 Å². The molecule has 2 heterocycles. The Balaban J connectivity index is 2.03. The normalized spacial score (nSPS) is 19.3. The van der Waals surface area contributed by atoms with Crippen LogP contribution < -0.4 is 5.32 Å². The topological polar surface area (TPSA) is 29.9 Å². The molecule has 18 heavy (non-hydrogen) atoms.